The molecule has 1 fully saturated rings. The van der Waals surface area contributed by atoms with E-state index >= 15 is 0 Å². The highest BCUT2D eigenvalue weighted by Gasteiger charge is 2.29. The fourth-order valence-corrected chi connectivity index (χ4v) is 3.88. The van der Waals surface area contributed by atoms with Crippen molar-refractivity contribution in [3.8, 4) is 0 Å². The lowest BCUT2D eigenvalue weighted by molar-refractivity contribution is 0.0732. The first-order chi connectivity index (χ1) is 13.7. The Kier molecular flexibility index (Phi) is 4.07. The van der Waals surface area contributed by atoms with Gasteiger partial charge in [0.05, 0.1) is 17.8 Å². The summed E-state index contributed by atoms with van der Waals surface area (Å²) in [6.07, 6.45) is 5.63. The fourth-order valence-electron chi connectivity index (χ4n) is 3.88. The number of benzene rings is 1. The van der Waals surface area contributed by atoms with Crippen molar-refractivity contribution in [3.63, 3.8) is 0 Å². The Morgan fingerprint density at radius 3 is 2.93 bits per heavy atom. The molecule has 1 saturated carbocycles. The zero-order chi connectivity index (χ0) is 19.1. The molecule has 0 unspecified atom stereocenters. The van der Waals surface area contributed by atoms with E-state index in [0.717, 1.165) is 35.0 Å². The van der Waals surface area contributed by atoms with Crippen molar-refractivity contribution < 1.29 is 9.59 Å². The number of pyridine rings is 1. The minimum atomic E-state index is -0.107. The van der Waals surface area contributed by atoms with Crippen molar-refractivity contribution in [2.45, 2.75) is 38.3 Å². The van der Waals surface area contributed by atoms with E-state index in [4.69, 9.17) is 0 Å². The third-order valence-corrected chi connectivity index (χ3v) is 5.73. The van der Waals surface area contributed by atoms with E-state index in [2.05, 4.69) is 20.5 Å². The first kappa shape index (κ1) is 16.9. The van der Waals surface area contributed by atoms with Gasteiger partial charge in [-0.05, 0) is 49.9 Å². The molecule has 28 heavy (non-hydrogen) atoms. The molecule has 2 aliphatic rings. The number of amides is 2. The van der Waals surface area contributed by atoms with Gasteiger partial charge in [-0.1, -0.05) is 6.07 Å². The maximum absolute atomic E-state index is 13.0. The van der Waals surface area contributed by atoms with Gasteiger partial charge in [0.1, 0.15) is 0 Å². The number of aromatic amines is 1. The van der Waals surface area contributed by atoms with Crippen LogP contribution in [0.3, 0.4) is 0 Å². The van der Waals surface area contributed by atoms with Crippen LogP contribution in [0.5, 0.6) is 0 Å². The van der Waals surface area contributed by atoms with E-state index in [-0.39, 0.29) is 17.9 Å². The molecule has 0 atom stereocenters. The van der Waals surface area contributed by atoms with Crippen LogP contribution in [-0.2, 0) is 13.0 Å². The van der Waals surface area contributed by atoms with E-state index in [0.29, 0.717) is 30.8 Å². The molecule has 142 valence electrons. The predicted octanol–water partition coefficient (Wildman–Crippen LogP) is 2.44. The summed E-state index contributed by atoms with van der Waals surface area (Å²) in [5.74, 6) is -0.129. The molecule has 2 amide bonds. The average molecular weight is 375 g/mol. The van der Waals surface area contributed by atoms with Crippen LogP contribution in [0.2, 0.25) is 0 Å². The van der Waals surface area contributed by atoms with E-state index in [1.807, 2.05) is 30.3 Å². The minimum absolute atomic E-state index is 0.0218. The number of nitrogens with zero attached hydrogens (tertiary/aromatic N) is 3. The second-order valence-electron chi connectivity index (χ2n) is 7.52. The van der Waals surface area contributed by atoms with Crippen molar-refractivity contribution in [1.82, 2.24) is 25.4 Å². The Labute approximate surface area is 162 Å². The highest BCUT2D eigenvalue weighted by atomic mass is 16.2. The predicted molar refractivity (Wildman–Crippen MR) is 104 cm³/mol. The summed E-state index contributed by atoms with van der Waals surface area (Å²) in [6.45, 7) is 1.00. The van der Waals surface area contributed by atoms with Crippen LogP contribution in [0, 0.1) is 0 Å². The van der Waals surface area contributed by atoms with Crippen LogP contribution < -0.4 is 5.32 Å². The van der Waals surface area contributed by atoms with Crippen LogP contribution in [0.4, 0.5) is 0 Å². The molecule has 5 rings (SSSR count). The van der Waals surface area contributed by atoms with Crippen molar-refractivity contribution in [1.29, 1.82) is 0 Å². The van der Waals surface area contributed by atoms with Crippen molar-refractivity contribution >= 4 is 22.7 Å². The quantitative estimate of drug-likeness (QED) is 0.736. The molecule has 3 aromatic rings. The number of rotatable bonds is 3. The van der Waals surface area contributed by atoms with E-state index < -0.39 is 0 Å². The Bertz CT molecular complexity index is 1070. The first-order valence-electron chi connectivity index (χ1n) is 9.70. The van der Waals surface area contributed by atoms with Gasteiger partial charge < -0.3 is 10.2 Å². The van der Waals surface area contributed by atoms with Crippen molar-refractivity contribution in [3.05, 3.63) is 59.0 Å². The molecule has 7 nitrogen and oxygen atoms in total. The lowest BCUT2D eigenvalue weighted by Gasteiger charge is -2.28. The lowest BCUT2D eigenvalue weighted by atomic mass is 9.93. The summed E-state index contributed by atoms with van der Waals surface area (Å²) in [5.41, 5.74) is 3.78. The molecular formula is C21H21N5O2. The molecule has 3 heterocycles. The zero-order valence-electron chi connectivity index (χ0n) is 15.4. The number of H-pyrrole nitrogens is 1. The molecule has 1 aliphatic heterocycles. The Morgan fingerprint density at radius 1 is 1.21 bits per heavy atom. The monoisotopic (exact) mass is 375 g/mol. The second kappa shape index (κ2) is 6.74. The topological polar surface area (TPSA) is 91.0 Å². The van der Waals surface area contributed by atoms with Gasteiger partial charge in [0.25, 0.3) is 11.8 Å². The molecule has 7 heteroatoms. The van der Waals surface area contributed by atoms with Gasteiger partial charge in [-0.15, -0.1) is 0 Å². The molecule has 0 bridgehead atoms. The third kappa shape index (κ3) is 2.93. The molecular weight excluding hydrogens is 354 g/mol. The second-order valence-corrected chi connectivity index (χ2v) is 7.52. The number of carbonyl (C=O) groups is 2. The molecule has 2 aromatic heterocycles. The molecule has 2 N–H and O–H groups in total. The van der Waals surface area contributed by atoms with Crippen molar-refractivity contribution in [2.75, 3.05) is 6.54 Å². The van der Waals surface area contributed by atoms with Gasteiger partial charge >= 0.3 is 0 Å². The SMILES string of the molecule is O=C(NC1CCC1)c1n[nH]c2c1CCN(C(=O)c1ccc3ncccc3c1)C2. The average Bonchev–Trinajstić information content (AvgIpc) is 3.13. The summed E-state index contributed by atoms with van der Waals surface area (Å²) < 4.78 is 0. The van der Waals surface area contributed by atoms with Gasteiger partial charge in [0.2, 0.25) is 0 Å². The lowest BCUT2D eigenvalue weighted by Crippen LogP contribution is -2.40. The Balaban J connectivity index is 1.33. The van der Waals surface area contributed by atoms with Gasteiger partial charge in [-0.3, -0.25) is 19.7 Å². The fraction of sp³-hybridized carbons (Fsp3) is 0.333. The van der Waals surface area contributed by atoms with Gasteiger partial charge in [0.15, 0.2) is 5.69 Å². The van der Waals surface area contributed by atoms with E-state index in [9.17, 15) is 9.59 Å². The largest absolute Gasteiger partial charge is 0.348 e. The summed E-state index contributed by atoms with van der Waals surface area (Å²) in [6, 6.07) is 9.67. The summed E-state index contributed by atoms with van der Waals surface area (Å²) in [4.78, 5) is 31.5. The smallest absolute Gasteiger partial charge is 0.272 e. The number of aromatic nitrogens is 3. The molecule has 0 radical (unpaired) electrons. The summed E-state index contributed by atoms with van der Waals surface area (Å²) >= 11 is 0. The highest BCUT2D eigenvalue weighted by Crippen LogP contribution is 2.24. The number of carbonyl (C=O) groups excluding carboxylic acids is 2. The summed E-state index contributed by atoms with van der Waals surface area (Å²) in [5, 5.41) is 11.2. The number of hydrogen-bond donors (Lipinski definition) is 2. The maximum atomic E-state index is 13.0. The number of fused-ring (bicyclic) bond motifs is 2. The van der Waals surface area contributed by atoms with E-state index in [1.165, 1.54) is 6.42 Å². The standard InChI is InChI=1S/C21H21N5O2/c27-20(23-15-4-1-5-15)19-16-8-10-26(12-18(16)24-25-19)21(28)14-6-7-17-13(11-14)3-2-9-22-17/h2-3,6-7,9,11,15H,1,4-5,8,10,12H2,(H,23,27)(H,24,25). The molecule has 1 aromatic carbocycles. The van der Waals surface area contributed by atoms with Gasteiger partial charge in [0, 0.05) is 35.3 Å². The van der Waals surface area contributed by atoms with Crippen LogP contribution in [0.25, 0.3) is 10.9 Å². The maximum Gasteiger partial charge on any atom is 0.272 e. The Morgan fingerprint density at radius 2 is 2.11 bits per heavy atom. The third-order valence-electron chi connectivity index (χ3n) is 5.73. The molecule has 0 spiro atoms. The minimum Gasteiger partial charge on any atom is -0.348 e. The molecule has 0 saturated heterocycles. The number of hydrogen-bond acceptors (Lipinski definition) is 4. The zero-order valence-corrected chi connectivity index (χ0v) is 15.4. The normalized spacial score (nSPS) is 16.5. The Hall–Kier alpha value is -3.22. The summed E-state index contributed by atoms with van der Waals surface area (Å²) in [7, 11) is 0. The first-order valence-corrected chi connectivity index (χ1v) is 9.70. The van der Waals surface area contributed by atoms with Crippen LogP contribution in [0.15, 0.2) is 36.5 Å². The van der Waals surface area contributed by atoms with Gasteiger partial charge in [-0.25, -0.2) is 0 Å². The van der Waals surface area contributed by atoms with E-state index in [1.54, 1.807) is 11.1 Å². The number of nitrogens with one attached hydrogen (secondary N) is 2. The van der Waals surface area contributed by atoms with Crippen LogP contribution >= 0.6 is 0 Å². The van der Waals surface area contributed by atoms with Gasteiger partial charge in [-0.2, -0.15) is 5.10 Å². The van der Waals surface area contributed by atoms with Crippen molar-refractivity contribution in [2.24, 2.45) is 0 Å². The van der Waals surface area contributed by atoms with Crippen LogP contribution in [0.1, 0.15) is 51.4 Å². The van der Waals surface area contributed by atoms with Crippen LogP contribution in [-0.4, -0.2) is 44.5 Å². The molecule has 1 aliphatic carbocycles. The highest BCUT2D eigenvalue weighted by molar-refractivity contribution is 5.98.